The average molecular weight is 353 g/mol. The Balaban J connectivity index is 1.50. The summed E-state index contributed by atoms with van der Waals surface area (Å²) in [6, 6.07) is 14.8. The van der Waals surface area contributed by atoms with Crippen molar-refractivity contribution in [2.75, 3.05) is 44.7 Å². The summed E-state index contributed by atoms with van der Waals surface area (Å²) >= 11 is 0. The zero-order valence-corrected chi connectivity index (χ0v) is 14.9. The number of nitro groups is 1. The van der Waals surface area contributed by atoms with Gasteiger partial charge in [0.1, 0.15) is 5.75 Å². The fourth-order valence-corrected chi connectivity index (χ4v) is 3.11. The fourth-order valence-electron chi connectivity index (χ4n) is 3.11. The predicted octanol–water partition coefficient (Wildman–Crippen LogP) is 3.44. The van der Waals surface area contributed by atoms with Crippen LogP contribution in [-0.4, -0.2) is 49.7 Å². The second-order valence-corrected chi connectivity index (χ2v) is 6.21. The summed E-state index contributed by atoms with van der Waals surface area (Å²) in [5.74, 6) is 0.881. The number of non-ortho nitro benzene ring substituents is 1. The van der Waals surface area contributed by atoms with E-state index in [2.05, 4.69) is 22.0 Å². The topological polar surface area (TPSA) is 58.8 Å². The van der Waals surface area contributed by atoms with Crippen LogP contribution in [0.1, 0.15) is 5.56 Å². The number of methoxy groups -OCH3 is 1. The van der Waals surface area contributed by atoms with Crippen molar-refractivity contribution in [3.8, 4) is 5.75 Å². The molecule has 2 aromatic carbocycles. The van der Waals surface area contributed by atoms with E-state index < -0.39 is 0 Å². The molecule has 0 bridgehead atoms. The van der Waals surface area contributed by atoms with Crippen LogP contribution in [-0.2, 0) is 0 Å². The van der Waals surface area contributed by atoms with Crippen LogP contribution >= 0.6 is 0 Å². The Hall–Kier alpha value is -2.86. The van der Waals surface area contributed by atoms with E-state index in [1.807, 2.05) is 36.4 Å². The van der Waals surface area contributed by atoms with Crippen LogP contribution in [0.4, 0.5) is 11.4 Å². The number of hydrogen-bond donors (Lipinski definition) is 0. The quantitative estimate of drug-likeness (QED) is 0.588. The number of ether oxygens (including phenoxy) is 1. The number of piperazine rings is 1. The van der Waals surface area contributed by atoms with Crippen LogP contribution in [0.5, 0.6) is 5.75 Å². The maximum Gasteiger partial charge on any atom is 0.269 e. The fraction of sp³-hybridized carbons (Fsp3) is 0.300. The molecule has 0 radical (unpaired) electrons. The second-order valence-electron chi connectivity index (χ2n) is 6.21. The van der Waals surface area contributed by atoms with Crippen molar-refractivity contribution >= 4 is 17.5 Å². The molecule has 1 heterocycles. The van der Waals surface area contributed by atoms with Crippen molar-refractivity contribution in [1.29, 1.82) is 0 Å². The second kappa shape index (κ2) is 8.49. The standard InChI is InChI=1S/C20H23N3O3/c1-26-20-7-3-2-5-17(20)6-4-12-21-13-15-22(16-14-21)18-8-10-19(11-9-18)23(24)25/h2-11H,12-16H2,1H3/b6-4-. The van der Waals surface area contributed by atoms with Crippen molar-refractivity contribution in [3.63, 3.8) is 0 Å². The first-order valence-electron chi connectivity index (χ1n) is 8.68. The molecule has 26 heavy (non-hydrogen) atoms. The van der Waals surface area contributed by atoms with Gasteiger partial charge in [0.2, 0.25) is 0 Å². The summed E-state index contributed by atoms with van der Waals surface area (Å²) in [6.45, 7) is 4.66. The molecule has 1 saturated heterocycles. The molecule has 1 aliphatic heterocycles. The van der Waals surface area contributed by atoms with E-state index in [-0.39, 0.29) is 10.6 Å². The van der Waals surface area contributed by atoms with Gasteiger partial charge < -0.3 is 9.64 Å². The van der Waals surface area contributed by atoms with Crippen molar-refractivity contribution in [2.24, 2.45) is 0 Å². The lowest BCUT2D eigenvalue weighted by Crippen LogP contribution is -2.46. The van der Waals surface area contributed by atoms with E-state index in [9.17, 15) is 10.1 Å². The molecule has 136 valence electrons. The maximum absolute atomic E-state index is 10.7. The highest BCUT2D eigenvalue weighted by Gasteiger charge is 2.17. The lowest BCUT2D eigenvalue weighted by Gasteiger charge is -2.35. The molecule has 6 heteroatoms. The van der Waals surface area contributed by atoms with Gasteiger partial charge in [-0.2, -0.15) is 0 Å². The van der Waals surface area contributed by atoms with Crippen LogP contribution in [0.3, 0.4) is 0 Å². The van der Waals surface area contributed by atoms with E-state index in [4.69, 9.17) is 4.74 Å². The van der Waals surface area contributed by atoms with E-state index in [0.717, 1.165) is 49.7 Å². The molecule has 6 nitrogen and oxygen atoms in total. The molecular weight excluding hydrogens is 330 g/mol. The predicted molar refractivity (Wildman–Crippen MR) is 104 cm³/mol. The Kier molecular flexibility index (Phi) is 5.86. The van der Waals surface area contributed by atoms with Gasteiger partial charge in [-0.05, 0) is 18.2 Å². The Morgan fingerprint density at radius 3 is 2.42 bits per heavy atom. The third-order valence-corrected chi connectivity index (χ3v) is 4.60. The van der Waals surface area contributed by atoms with E-state index in [0.29, 0.717) is 0 Å². The van der Waals surface area contributed by atoms with Crippen molar-refractivity contribution in [2.45, 2.75) is 0 Å². The molecule has 3 rings (SSSR count). The number of rotatable bonds is 6. The molecule has 0 aliphatic carbocycles. The molecule has 0 N–H and O–H groups in total. The summed E-state index contributed by atoms with van der Waals surface area (Å²) in [4.78, 5) is 15.0. The molecule has 0 spiro atoms. The molecule has 1 aliphatic rings. The molecule has 0 unspecified atom stereocenters. The maximum atomic E-state index is 10.7. The lowest BCUT2D eigenvalue weighted by molar-refractivity contribution is -0.384. The van der Waals surface area contributed by atoms with Crippen LogP contribution in [0.25, 0.3) is 6.08 Å². The van der Waals surface area contributed by atoms with E-state index in [1.165, 1.54) is 0 Å². The van der Waals surface area contributed by atoms with Gasteiger partial charge in [0, 0.05) is 56.1 Å². The summed E-state index contributed by atoms with van der Waals surface area (Å²) in [7, 11) is 1.68. The smallest absolute Gasteiger partial charge is 0.269 e. The highest BCUT2D eigenvalue weighted by Crippen LogP contribution is 2.21. The van der Waals surface area contributed by atoms with E-state index >= 15 is 0 Å². The van der Waals surface area contributed by atoms with Crippen molar-refractivity contribution in [1.82, 2.24) is 4.90 Å². The van der Waals surface area contributed by atoms with Crippen LogP contribution in [0, 0.1) is 10.1 Å². The number of anilines is 1. The van der Waals surface area contributed by atoms with Gasteiger partial charge in [-0.1, -0.05) is 30.4 Å². The van der Waals surface area contributed by atoms with Gasteiger partial charge in [0.25, 0.3) is 5.69 Å². The first kappa shape index (κ1) is 17.9. The molecule has 0 amide bonds. The number of para-hydroxylation sites is 1. The number of benzene rings is 2. The lowest BCUT2D eigenvalue weighted by atomic mass is 10.2. The SMILES string of the molecule is COc1ccccc1/C=C\CN1CCN(c2ccc([N+](=O)[O-])cc2)CC1. The first-order valence-corrected chi connectivity index (χ1v) is 8.68. The van der Waals surface area contributed by atoms with Gasteiger partial charge in [-0.25, -0.2) is 0 Å². The minimum Gasteiger partial charge on any atom is -0.496 e. The third-order valence-electron chi connectivity index (χ3n) is 4.60. The number of nitro benzene ring substituents is 1. The Labute approximate surface area is 153 Å². The minimum absolute atomic E-state index is 0.133. The largest absolute Gasteiger partial charge is 0.496 e. The summed E-state index contributed by atoms with van der Waals surface area (Å²) < 4.78 is 5.36. The monoisotopic (exact) mass is 353 g/mol. The van der Waals surface area contributed by atoms with Gasteiger partial charge >= 0.3 is 0 Å². The highest BCUT2D eigenvalue weighted by molar-refractivity contribution is 5.57. The van der Waals surface area contributed by atoms with Gasteiger partial charge in [0.05, 0.1) is 12.0 Å². The molecule has 0 atom stereocenters. The van der Waals surface area contributed by atoms with Gasteiger partial charge in [-0.15, -0.1) is 0 Å². The first-order chi connectivity index (χ1) is 12.7. The summed E-state index contributed by atoms with van der Waals surface area (Å²) in [6.07, 6.45) is 4.26. The van der Waals surface area contributed by atoms with Crippen LogP contribution in [0.2, 0.25) is 0 Å². The zero-order valence-electron chi connectivity index (χ0n) is 14.9. The molecule has 0 saturated carbocycles. The molecule has 1 fully saturated rings. The highest BCUT2D eigenvalue weighted by atomic mass is 16.6. The Morgan fingerprint density at radius 1 is 1.08 bits per heavy atom. The van der Waals surface area contributed by atoms with Crippen LogP contribution < -0.4 is 9.64 Å². The average Bonchev–Trinajstić information content (AvgIpc) is 2.69. The minimum atomic E-state index is -0.365. The molecular formula is C20H23N3O3. The Morgan fingerprint density at radius 2 is 1.77 bits per heavy atom. The van der Waals surface area contributed by atoms with Gasteiger partial charge in [-0.3, -0.25) is 15.0 Å². The zero-order chi connectivity index (χ0) is 18.4. The third kappa shape index (κ3) is 4.40. The normalized spacial score (nSPS) is 15.3. The molecule has 2 aromatic rings. The van der Waals surface area contributed by atoms with Crippen molar-refractivity contribution in [3.05, 3.63) is 70.3 Å². The summed E-state index contributed by atoms with van der Waals surface area (Å²) in [5.41, 5.74) is 2.26. The number of hydrogen-bond acceptors (Lipinski definition) is 5. The van der Waals surface area contributed by atoms with Crippen molar-refractivity contribution < 1.29 is 9.66 Å². The Bertz CT molecular complexity index is 766. The van der Waals surface area contributed by atoms with Crippen LogP contribution in [0.15, 0.2) is 54.6 Å². The molecule has 0 aromatic heterocycles. The van der Waals surface area contributed by atoms with E-state index in [1.54, 1.807) is 19.2 Å². The number of nitrogens with zero attached hydrogens (tertiary/aromatic N) is 3. The summed E-state index contributed by atoms with van der Waals surface area (Å²) in [5, 5.41) is 10.7. The van der Waals surface area contributed by atoms with Gasteiger partial charge in [0.15, 0.2) is 0 Å².